The van der Waals surface area contributed by atoms with Crippen LogP contribution in [0.4, 0.5) is 24.9 Å². The van der Waals surface area contributed by atoms with Gasteiger partial charge >= 0.3 is 6.18 Å². The zero-order valence-corrected chi connectivity index (χ0v) is 12.0. The van der Waals surface area contributed by atoms with Crippen molar-refractivity contribution in [3.63, 3.8) is 0 Å². The second-order valence-corrected chi connectivity index (χ2v) is 5.23. The second kappa shape index (κ2) is 6.05. The van der Waals surface area contributed by atoms with Crippen LogP contribution in [-0.2, 0) is 10.9 Å². The molecule has 0 saturated heterocycles. The Balaban J connectivity index is 2.31. The van der Waals surface area contributed by atoms with E-state index in [9.17, 15) is 13.2 Å². The topological polar surface area (TPSA) is 64.3 Å². The van der Waals surface area contributed by atoms with Crippen LogP contribution in [0.15, 0.2) is 6.07 Å². The molecule has 5 nitrogen and oxygen atoms in total. The van der Waals surface area contributed by atoms with Crippen LogP contribution < -0.4 is 10.6 Å². The minimum Gasteiger partial charge on any atom is -0.383 e. The Kier molecular flexibility index (Phi) is 4.55. The lowest BCUT2D eigenvalue weighted by molar-refractivity contribution is -0.141. The molecule has 1 atom stereocenters. The maximum atomic E-state index is 12.8. The third-order valence-corrected chi connectivity index (χ3v) is 3.65. The number of hydrogen-bond acceptors (Lipinski definition) is 5. The molecular weight excluding hydrogens is 285 g/mol. The predicted molar refractivity (Wildman–Crippen MR) is 72.9 cm³/mol. The van der Waals surface area contributed by atoms with Gasteiger partial charge in [0.1, 0.15) is 5.82 Å². The summed E-state index contributed by atoms with van der Waals surface area (Å²) < 4.78 is 43.6. The van der Waals surface area contributed by atoms with Crippen molar-refractivity contribution in [2.24, 2.45) is 5.92 Å². The minimum atomic E-state index is -4.54. The Morgan fingerprint density at radius 3 is 2.62 bits per heavy atom. The van der Waals surface area contributed by atoms with Gasteiger partial charge in [0.15, 0.2) is 5.69 Å². The quantitative estimate of drug-likeness (QED) is 0.874. The highest BCUT2D eigenvalue weighted by atomic mass is 19.4. The van der Waals surface area contributed by atoms with Gasteiger partial charge in [-0.3, -0.25) is 0 Å². The van der Waals surface area contributed by atoms with Crippen molar-refractivity contribution in [1.29, 1.82) is 0 Å². The van der Waals surface area contributed by atoms with Crippen LogP contribution >= 0.6 is 0 Å². The fourth-order valence-electron chi connectivity index (χ4n) is 2.29. The van der Waals surface area contributed by atoms with E-state index in [4.69, 9.17) is 10.5 Å². The molecule has 1 unspecified atom stereocenters. The van der Waals surface area contributed by atoms with Crippen LogP contribution in [0.3, 0.4) is 0 Å². The van der Waals surface area contributed by atoms with Crippen molar-refractivity contribution < 1.29 is 17.9 Å². The molecule has 1 aliphatic carbocycles. The first-order valence-corrected chi connectivity index (χ1v) is 6.80. The summed E-state index contributed by atoms with van der Waals surface area (Å²) in [6, 6.07) is 1.04. The Morgan fingerprint density at radius 2 is 2.10 bits per heavy atom. The first-order chi connectivity index (χ1) is 9.82. The average Bonchev–Trinajstić information content (AvgIpc) is 3.21. The number of anilines is 2. The van der Waals surface area contributed by atoms with Crippen molar-refractivity contribution in [2.75, 3.05) is 30.9 Å². The monoisotopic (exact) mass is 304 g/mol. The van der Waals surface area contributed by atoms with Crippen LogP contribution in [-0.4, -0.2) is 36.3 Å². The van der Waals surface area contributed by atoms with Gasteiger partial charge in [-0.2, -0.15) is 18.2 Å². The van der Waals surface area contributed by atoms with Crippen molar-refractivity contribution >= 4 is 11.8 Å². The van der Waals surface area contributed by atoms with E-state index in [2.05, 4.69) is 9.97 Å². The third kappa shape index (κ3) is 3.96. The highest BCUT2D eigenvalue weighted by Gasteiger charge is 2.36. The summed E-state index contributed by atoms with van der Waals surface area (Å²) in [7, 11) is 1.55. The van der Waals surface area contributed by atoms with Crippen LogP contribution in [0.5, 0.6) is 0 Å². The summed E-state index contributed by atoms with van der Waals surface area (Å²) in [5.41, 5.74) is 4.42. The Labute approximate surface area is 121 Å². The molecule has 0 spiro atoms. The van der Waals surface area contributed by atoms with Gasteiger partial charge < -0.3 is 15.4 Å². The van der Waals surface area contributed by atoms with Gasteiger partial charge in [0, 0.05) is 25.8 Å². The third-order valence-electron chi connectivity index (χ3n) is 3.65. The van der Waals surface area contributed by atoms with E-state index in [-0.39, 0.29) is 17.8 Å². The SMILES string of the molecule is COCCN(c1cc(C(F)(F)F)nc(N)n1)C(C)C1CC1. The highest BCUT2D eigenvalue weighted by molar-refractivity contribution is 5.45. The van der Waals surface area contributed by atoms with Crippen LogP contribution in [0.1, 0.15) is 25.5 Å². The largest absolute Gasteiger partial charge is 0.433 e. The summed E-state index contributed by atoms with van der Waals surface area (Å²) >= 11 is 0. The number of nitrogens with zero attached hydrogens (tertiary/aromatic N) is 3. The van der Waals surface area contributed by atoms with E-state index < -0.39 is 11.9 Å². The maximum absolute atomic E-state index is 12.8. The van der Waals surface area contributed by atoms with Crippen LogP contribution in [0.2, 0.25) is 0 Å². The molecule has 1 heterocycles. The molecule has 0 amide bonds. The molecule has 0 radical (unpaired) electrons. The van der Waals surface area contributed by atoms with Gasteiger partial charge in [0.25, 0.3) is 0 Å². The molecule has 0 bridgehead atoms. The van der Waals surface area contributed by atoms with E-state index >= 15 is 0 Å². The molecule has 0 aliphatic heterocycles. The number of nitrogens with two attached hydrogens (primary N) is 1. The van der Waals surface area contributed by atoms with Crippen molar-refractivity contribution in [2.45, 2.75) is 32.0 Å². The lowest BCUT2D eigenvalue weighted by Gasteiger charge is -2.30. The summed E-state index contributed by atoms with van der Waals surface area (Å²) in [6.07, 6.45) is -2.38. The zero-order valence-electron chi connectivity index (χ0n) is 12.0. The molecule has 118 valence electrons. The molecular formula is C13H19F3N4O. The summed E-state index contributed by atoms with van der Waals surface area (Å²) in [5, 5.41) is 0. The van der Waals surface area contributed by atoms with E-state index in [0.29, 0.717) is 19.1 Å². The average molecular weight is 304 g/mol. The molecule has 2 N–H and O–H groups in total. The van der Waals surface area contributed by atoms with E-state index in [1.165, 1.54) is 0 Å². The van der Waals surface area contributed by atoms with Crippen LogP contribution in [0.25, 0.3) is 0 Å². The number of rotatable bonds is 6. The Bertz CT molecular complexity index is 491. The molecule has 1 aromatic heterocycles. The van der Waals surface area contributed by atoms with Gasteiger partial charge in [-0.15, -0.1) is 0 Å². The lowest BCUT2D eigenvalue weighted by atomic mass is 10.1. The normalized spacial score (nSPS) is 16.8. The first kappa shape index (κ1) is 15.8. The molecule has 2 rings (SSSR count). The van der Waals surface area contributed by atoms with Gasteiger partial charge in [-0.1, -0.05) is 0 Å². The highest BCUT2D eigenvalue weighted by Crippen LogP contribution is 2.37. The van der Waals surface area contributed by atoms with E-state index in [1.807, 2.05) is 11.8 Å². The predicted octanol–water partition coefficient (Wildman–Crippen LogP) is 2.33. The number of hydrogen-bond donors (Lipinski definition) is 1. The van der Waals surface area contributed by atoms with Crippen molar-refractivity contribution in [3.05, 3.63) is 11.8 Å². The van der Waals surface area contributed by atoms with E-state index in [1.54, 1.807) is 7.11 Å². The van der Waals surface area contributed by atoms with Crippen LogP contribution in [0, 0.1) is 5.92 Å². The smallest absolute Gasteiger partial charge is 0.383 e. The molecule has 21 heavy (non-hydrogen) atoms. The fourth-order valence-corrected chi connectivity index (χ4v) is 2.29. The number of methoxy groups -OCH3 is 1. The van der Waals surface area contributed by atoms with Gasteiger partial charge in [0.05, 0.1) is 6.61 Å². The summed E-state index contributed by atoms with van der Waals surface area (Å²) in [6.45, 7) is 2.85. The Hall–Kier alpha value is -1.57. The second-order valence-electron chi connectivity index (χ2n) is 5.23. The lowest BCUT2D eigenvalue weighted by Crippen LogP contribution is -2.38. The molecule has 1 fully saturated rings. The molecule has 1 saturated carbocycles. The summed E-state index contributed by atoms with van der Waals surface area (Å²) in [4.78, 5) is 9.05. The zero-order chi connectivity index (χ0) is 15.6. The standard InChI is InChI=1S/C13H19F3N4O/c1-8(9-3-4-9)20(5-6-21-2)11-7-10(13(14,15)16)18-12(17)19-11/h7-9H,3-6H2,1-2H3,(H2,17,18,19). The molecule has 1 aliphatic rings. The number of halogens is 3. The molecule has 8 heteroatoms. The number of nitrogen functional groups attached to an aromatic ring is 1. The number of ether oxygens (including phenoxy) is 1. The molecule has 0 aromatic carbocycles. The fraction of sp³-hybridized carbons (Fsp3) is 0.692. The van der Waals surface area contributed by atoms with Crippen molar-refractivity contribution in [1.82, 2.24) is 9.97 Å². The Morgan fingerprint density at radius 1 is 1.43 bits per heavy atom. The first-order valence-electron chi connectivity index (χ1n) is 6.80. The van der Waals surface area contributed by atoms with E-state index in [0.717, 1.165) is 18.9 Å². The molecule has 1 aromatic rings. The van der Waals surface area contributed by atoms with Gasteiger partial charge in [-0.05, 0) is 25.7 Å². The van der Waals surface area contributed by atoms with Gasteiger partial charge in [-0.25, -0.2) is 4.98 Å². The maximum Gasteiger partial charge on any atom is 0.433 e. The minimum absolute atomic E-state index is 0.0931. The van der Waals surface area contributed by atoms with Gasteiger partial charge in [0.2, 0.25) is 5.95 Å². The summed E-state index contributed by atoms with van der Waals surface area (Å²) in [5.74, 6) is 0.309. The number of alkyl halides is 3. The van der Waals surface area contributed by atoms with Crippen molar-refractivity contribution in [3.8, 4) is 0 Å². The number of aromatic nitrogens is 2.